The zero-order chi connectivity index (χ0) is 13.1. The number of carbonyl (C=O) groups is 1. The van der Waals surface area contributed by atoms with Crippen LogP contribution in [0.25, 0.3) is 0 Å². The third kappa shape index (κ3) is 2.94. The van der Waals surface area contributed by atoms with Crippen molar-refractivity contribution < 1.29 is 4.79 Å². The van der Waals surface area contributed by atoms with Crippen LogP contribution in [0.5, 0.6) is 0 Å². The summed E-state index contributed by atoms with van der Waals surface area (Å²) >= 11 is 0. The van der Waals surface area contributed by atoms with Gasteiger partial charge in [-0.3, -0.25) is 4.79 Å². The number of nitrogens with one attached hydrogen (secondary N) is 1. The molecule has 1 fully saturated rings. The molecule has 0 aromatic carbocycles. The summed E-state index contributed by atoms with van der Waals surface area (Å²) in [5.74, 6) is -0.0484. The number of rotatable bonds is 2. The van der Waals surface area contributed by atoms with Crippen molar-refractivity contribution in [1.82, 2.24) is 15.5 Å². The van der Waals surface area contributed by atoms with E-state index in [9.17, 15) is 4.79 Å². The number of aromatic nitrogens is 2. The van der Waals surface area contributed by atoms with Crippen LogP contribution in [0.15, 0.2) is 6.07 Å². The summed E-state index contributed by atoms with van der Waals surface area (Å²) in [6.45, 7) is 0. The summed E-state index contributed by atoms with van der Waals surface area (Å²) in [5.41, 5.74) is 2.79. The molecule has 1 aromatic heterocycles. The van der Waals surface area contributed by atoms with Crippen molar-refractivity contribution in [3.8, 4) is 0 Å². The van der Waals surface area contributed by atoms with Gasteiger partial charge in [-0.1, -0.05) is 19.3 Å². The lowest BCUT2D eigenvalue weighted by atomic mass is 9.95. The predicted octanol–water partition coefficient (Wildman–Crippen LogP) is 2.42. The van der Waals surface area contributed by atoms with Crippen molar-refractivity contribution in [3.63, 3.8) is 0 Å². The molecule has 102 valence electrons. The van der Waals surface area contributed by atoms with Crippen LogP contribution in [-0.4, -0.2) is 22.1 Å². The topological polar surface area (TPSA) is 54.9 Å². The zero-order valence-corrected chi connectivity index (χ0v) is 11.3. The molecule has 0 bridgehead atoms. The van der Waals surface area contributed by atoms with Crippen molar-refractivity contribution in [3.05, 3.63) is 23.0 Å². The van der Waals surface area contributed by atoms with Gasteiger partial charge in [0.1, 0.15) is 0 Å². The van der Waals surface area contributed by atoms with E-state index in [1.54, 1.807) is 0 Å². The van der Waals surface area contributed by atoms with Gasteiger partial charge in [0.25, 0.3) is 5.91 Å². The first-order chi connectivity index (χ1) is 9.33. The molecule has 3 rings (SSSR count). The largest absolute Gasteiger partial charge is 0.348 e. The highest BCUT2D eigenvalue weighted by Crippen LogP contribution is 2.20. The molecule has 2 aliphatic rings. The molecule has 0 aliphatic heterocycles. The molecular formula is C15H21N3O. The number of nitrogens with zero attached hydrogens (tertiary/aromatic N) is 2. The van der Waals surface area contributed by atoms with Crippen molar-refractivity contribution in [2.45, 2.75) is 63.8 Å². The Morgan fingerprint density at radius 1 is 1.05 bits per heavy atom. The van der Waals surface area contributed by atoms with Gasteiger partial charge < -0.3 is 5.32 Å². The minimum absolute atomic E-state index is 0.0484. The van der Waals surface area contributed by atoms with Gasteiger partial charge in [-0.2, -0.15) is 5.10 Å². The van der Waals surface area contributed by atoms with Crippen molar-refractivity contribution in [2.75, 3.05) is 0 Å². The zero-order valence-electron chi connectivity index (χ0n) is 11.3. The van der Waals surface area contributed by atoms with Crippen LogP contribution < -0.4 is 5.32 Å². The summed E-state index contributed by atoms with van der Waals surface area (Å²) < 4.78 is 0. The summed E-state index contributed by atoms with van der Waals surface area (Å²) in [5, 5.41) is 11.4. The van der Waals surface area contributed by atoms with E-state index in [2.05, 4.69) is 15.5 Å². The molecule has 0 atom stereocenters. The molecule has 1 amide bonds. The van der Waals surface area contributed by atoms with E-state index in [1.807, 2.05) is 6.07 Å². The molecule has 1 heterocycles. The van der Waals surface area contributed by atoms with Crippen LogP contribution in [0.3, 0.4) is 0 Å². The Kier molecular flexibility index (Phi) is 3.76. The molecule has 4 heteroatoms. The number of carbonyl (C=O) groups excluding carboxylic acids is 1. The van der Waals surface area contributed by atoms with Gasteiger partial charge in [0.2, 0.25) is 0 Å². The summed E-state index contributed by atoms with van der Waals surface area (Å²) in [6, 6.07) is 2.28. The van der Waals surface area contributed by atoms with Gasteiger partial charge in [-0.25, -0.2) is 0 Å². The highest BCUT2D eigenvalue weighted by atomic mass is 16.2. The van der Waals surface area contributed by atoms with Gasteiger partial charge in [0.05, 0.1) is 5.69 Å². The summed E-state index contributed by atoms with van der Waals surface area (Å²) in [6.07, 6.45) is 10.4. The van der Waals surface area contributed by atoms with Gasteiger partial charge in [0.15, 0.2) is 5.69 Å². The Hall–Kier alpha value is -1.45. The van der Waals surface area contributed by atoms with E-state index in [1.165, 1.54) is 37.7 Å². The Morgan fingerprint density at radius 3 is 2.68 bits per heavy atom. The Bertz CT molecular complexity index is 466. The second-order valence-corrected chi connectivity index (χ2v) is 5.72. The summed E-state index contributed by atoms with van der Waals surface area (Å²) in [7, 11) is 0. The van der Waals surface area contributed by atoms with E-state index in [-0.39, 0.29) is 5.91 Å². The second kappa shape index (κ2) is 5.68. The van der Waals surface area contributed by atoms with Gasteiger partial charge in [0, 0.05) is 6.04 Å². The van der Waals surface area contributed by atoms with E-state index < -0.39 is 0 Å². The van der Waals surface area contributed by atoms with E-state index in [0.29, 0.717) is 11.7 Å². The standard InChI is InChI=1S/C15H21N3O/c19-15(16-12-7-2-1-3-8-12)14-10-11-6-4-5-9-13(11)17-18-14/h10,12H,1-9H2,(H,16,19). The van der Waals surface area contributed by atoms with Gasteiger partial charge in [-0.15, -0.1) is 5.10 Å². The smallest absolute Gasteiger partial charge is 0.272 e. The molecule has 0 spiro atoms. The van der Waals surface area contributed by atoms with E-state index >= 15 is 0 Å². The van der Waals surface area contributed by atoms with E-state index in [4.69, 9.17) is 0 Å². The van der Waals surface area contributed by atoms with Crippen LogP contribution in [0.2, 0.25) is 0 Å². The van der Waals surface area contributed by atoms with Gasteiger partial charge in [-0.05, 0) is 50.2 Å². The predicted molar refractivity (Wildman–Crippen MR) is 73.0 cm³/mol. The number of hydrogen-bond acceptors (Lipinski definition) is 3. The second-order valence-electron chi connectivity index (χ2n) is 5.72. The lowest BCUT2D eigenvalue weighted by Gasteiger charge is -2.22. The minimum atomic E-state index is -0.0484. The molecule has 0 radical (unpaired) electrons. The molecule has 19 heavy (non-hydrogen) atoms. The Morgan fingerprint density at radius 2 is 1.84 bits per heavy atom. The third-order valence-electron chi connectivity index (χ3n) is 4.24. The number of fused-ring (bicyclic) bond motifs is 1. The average Bonchev–Trinajstić information content (AvgIpc) is 2.48. The third-order valence-corrected chi connectivity index (χ3v) is 4.24. The fourth-order valence-corrected chi connectivity index (χ4v) is 3.11. The Labute approximate surface area is 114 Å². The van der Waals surface area contributed by atoms with Crippen molar-refractivity contribution in [2.24, 2.45) is 0 Å². The quantitative estimate of drug-likeness (QED) is 0.887. The molecule has 0 saturated heterocycles. The number of amides is 1. The van der Waals surface area contributed by atoms with Crippen LogP contribution >= 0.6 is 0 Å². The highest BCUT2D eigenvalue weighted by molar-refractivity contribution is 5.92. The molecule has 1 aromatic rings. The fraction of sp³-hybridized carbons (Fsp3) is 0.667. The lowest BCUT2D eigenvalue weighted by molar-refractivity contribution is 0.0921. The van der Waals surface area contributed by atoms with Gasteiger partial charge >= 0.3 is 0 Å². The van der Waals surface area contributed by atoms with Crippen LogP contribution in [0, 0.1) is 0 Å². The monoisotopic (exact) mass is 259 g/mol. The maximum absolute atomic E-state index is 12.2. The summed E-state index contributed by atoms with van der Waals surface area (Å²) in [4.78, 5) is 12.2. The highest BCUT2D eigenvalue weighted by Gasteiger charge is 2.19. The average molecular weight is 259 g/mol. The van der Waals surface area contributed by atoms with Crippen LogP contribution in [0.4, 0.5) is 0 Å². The number of hydrogen-bond donors (Lipinski definition) is 1. The minimum Gasteiger partial charge on any atom is -0.348 e. The first kappa shape index (κ1) is 12.6. The SMILES string of the molecule is O=C(NC1CCCCC1)c1cc2c(nn1)CCCC2. The first-order valence-electron chi connectivity index (χ1n) is 7.49. The first-order valence-corrected chi connectivity index (χ1v) is 7.49. The van der Waals surface area contributed by atoms with E-state index in [0.717, 1.165) is 31.4 Å². The number of aryl methyl sites for hydroxylation is 2. The van der Waals surface area contributed by atoms with Crippen molar-refractivity contribution >= 4 is 5.91 Å². The maximum atomic E-state index is 12.2. The Balaban J connectivity index is 1.69. The molecule has 2 aliphatic carbocycles. The lowest BCUT2D eigenvalue weighted by Crippen LogP contribution is -2.36. The maximum Gasteiger partial charge on any atom is 0.272 e. The molecule has 4 nitrogen and oxygen atoms in total. The molecule has 1 saturated carbocycles. The molecule has 1 N–H and O–H groups in total. The van der Waals surface area contributed by atoms with Crippen LogP contribution in [-0.2, 0) is 12.8 Å². The van der Waals surface area contributed by atoms with Crippen LogP contribution in [0.1, 0.15) is 66.7 Å². The normalized spacial score (nSPS) is 19.8. The molecule has 0 unspecified atom stereocenters. The fourth-order valence-electron chi connectivity index (χ4n) is 3.11. The van der Waals surface area contributed by atoms with Crippen molar-refractivity contribution in [1.29, 1.82) is 0 Å². The molecular weight excluding hydrogens is 238 g/mol.